The number of hydrogen-bond acceptors (Lipinski definition) is 6. The number of hydrogen-bond donors (Lipinski definition) is 2. The second-order valence-corrected chi connectivity index (χ2v) is 8.07. The first-order valence-corrected chi connectivity index (χ1v) is 10.9. The lowest BCUT2D eigenvalue weighted by atomic mass is 10.1. The molecule has 168 valence electrons. The maximum absolute atomic E-state index is 13.2. The first-order valence-electron chi connectivity index (χ1n) is 10.5. The van der Waals surface area contributed by atoms with E-state index in [-0.39, 0.29) is 17.4 Å². The molecular weight excluding hydrogens is 452 g/mol. The van der Waals surface area contributed by atoms with E-state index in [1.165, 1.54) is 0 Å². The van der Waals surface area contributed by atoms with Gasteiger partial charge in [-0.05, 0) is 35.9 Å². The number of methoxy groups -OCH3 is 1. The van der Waals surface area contributed by atoms with Crippen LogP contribution in [0, 0.1) is 0 Å². The van der Waals surface area contributed by atoms with Crippen LogP contribution in [0.4, 0.5) is 11.4 Å². The van der Waals surface area contributed by atoms with Crippen LogP contribution >= 0.6 is 11.6 Å². The van der Waals surface area contributed by atoms with Gasteiger partial charge in [-0.2, -0.15) is 0 Å². The largest absolute Gasteiger partial charge is 0.495 e. The van der Waals surface area contributed by atoms with Crippen LogP contribution in [0.2, 0.25) is 5.02 Å². The molecule has 1 amide bonds. The molecule has 34 heavy (non-hydrogen) atoms. The van der Waals surface area contributed by atoms with Crippen molar-refractivity contribution in [1.29, 1.82) is 0 Å². The SMILES string of the molecule is COc1ccc(CNc2cc(C(=O)Nc3ccncc3)nc3c2C(=O)c2ccccc2-3)cc1Cl. The van der Waals surface area contributed by atoms with E-state index in [9.17, 15) is 9.59 Å². The standard InChI is InChI=1S/C26H19ClN4O3/c1-34-22-7-6-15(12-19(22)27)14-29-20-13-21(26(33)30-16-8-10-28-11-9-16)31-24-17-4-2-3-5-18(17)25(32)23(20)24/h2-13H,14H2,1H3,(H,29,31)(H,28,30,33). The van der Waals surface area contributed by atoms with Crippen molar-refractivity contribution in [3.8, 4) is 17.0 Å². The average Bonchev–Trinajstić information content (AvgIpc) is 3.15. The van der Waals surface area contributed by atoms with E-state index < -0.39 is 0 Å². The molecule has 1 aliphatic carbocycles. The molecule has 0 atom stereocenters. The van der Waals surface area contributed by atoms with Gasteiger partial charge in [0.2, 0.25) is 0 Å². The quantitative estimate of drug-likeness (QED) is 0.353. The Morgan fingerprint density at radius 2 is 1.79 bits per heavy atom. The molecule has 7 nitrogen and oxygen atoms in total. The van der Waals surface area contributed by atoms with E-state index in [1.807, 2.05) is 24.3 Å². The maximum atomic E-state index is 13.2. The fraction of sp³-hybridized carbons (Fsp3) is 0.0769. The van der Waals surface area contributed by atoms with Gasteiger partial charge in [0.15, 0.2) is 5.78 Å². The van der Waals surface area contributed by atoms with Gasteiger partial charge in [-0.3, -0.25) is 14.6 Å². The predicted molar refractivity (Wildman–Crippen MR) is 131 cm³/mol. The maximum Gasteiger partial charge on any atom is 0.274 e. The highest BCUT2D eigenvalue weighted by Crippen LogP contribution is 2.39. The number of nitrogens with zero attached hydrogens (tertiary/aromatic N) is 2. The van der Waals surface area contributed by atoms with Crippen molar-refractivity contribution < 1.29 is 14.3 Å². The van der Waals surface area contributed by atoms with Crippen molar-refractivity contribution in [2.24, 2.45) is 0 Å². The van der Waals surface area contributed by atoms with Gasteiger partial charge < -0.3 is 15.4 Å². The summed E-state index contributed by atoms with van der Waals surface area (Å²) in [5, 5.41) is 6.61. The highest BCUT2D eigenvalue weighted by molar-refractivity contribution is 6.32. The number of carbonyl (C=O) groups excluding carboxylic acids is 2. The molecule has 0 radical (unpaired) electrons. The molecule has 2 heterocycles. The average molecular weight is 471 g/mol. The van der Waals surface area contributed by atoms with Gasteiger partial charge in [0.1, 0.15) is 11.4 Å². The van der Waals surface area contributed by atoms with Crippen LogP contribution in [0.5, 0.6) is 5.75 Å². The molecule has 0 unspecified atom stereocenters. The summed E-state index contributed by atoms with van der Waals surface area (Å²) in [7, 11) is 1.56. The molecule has 5 rings (SSSR count). The molecule has 2 N–H and O–H groups in total. The lowest BCUT2D eigenvalue weighted by Crippen LogP contribution is -2.16. The van der Waals surface area contributed by atoms with Gasteiger partial charge in [0, 0.05) is 35.8 Å². The fourth-order valence-electron chi connectivity index (χ4n) is 3.90. The minimum Gasteiger partial charge on any atom is -0.495 e. The molecule has 0 saturated heterocycles. The lowest BCUT2D eigenvalue weighted by Gasteiger charge is -2.14. The summed E-state index contributed by atoms with van der Waals surface area (Å²) >= 11 is 6.26. The molecule has 0 bridgehead atoms. The van der Waals surface area contributed by atoms with Crippen molar-refractivity contribution in [2.45, 2.75) is 6.54 Å². The van der Waals surface area contributed by atoms with Crippen molar-refractivity contribution >= 4 is 34.7 Å². The number of halogens is 1. The summed E-state index contributed by atoms with van der Waals surface area (Å²) < 4.78 is 5.21. The second kappa shape index (κ2) is 8.96. The summed E-state index contributed by atoms with van der Waals surface area (Å²) in [5.74, 6) is 0.0618. The summed E-state index contributed by atoms with van der Waals surface area (Å²) in [6, 6.07) is 17.7. The number of pyridine rings is 2. The zero-order valence-electron chi connectivity index (χ0n) is 18.1. The van der Waals surface area contributed by atoms with Crippen molar-refractivity contribution in [3.05, 3.63) is 100 Å². The van der Waals surface area contributed by atoms with Crippen LogP contribution in [0.25, 0.3) is 11.3 Å². The smallest absolute Gasteiger partial charge is 0.274 e. The number of aromatic nitrogens is 2. The van der Waals surface area contributed by atoms with E-state index in [2.05, 4.69) is 20.6 Å². The van der Waals surface area contributed by atoms with E-state index in [0.717, 1.165) is 5.56 Å². The minimum atomic E-state index is -0.388. The zero-order chi connectivity index (χ0) is 23.7. The Morgan fingerprint density at radius 3 is 2.53 bits per heavy atom. The number of rotatable bonds is 6. The van der Waals surface area contributed by atoms with Gasteiger partial charge in [0.25, 0.3) is 5.91 Å². The zero-order valence-corrected chi connectivity index (χ0v) is 18.9. The van der Waals surface area contributed by atoms with E-state index >= 15 is 0 Å². The summed E-state index contributed by atoms with van der Waals surface area (Å²) in [6.45, 7) is 0.384. The minimum absolute atomic E-state index is 0.130. The molecule has 4 aromatic rings. The van der Waals surface area contributed by atoms with Crippen LogP contribution in [0.3, 0.4) is 0 Å². The van der Waals surface area contributed by atoms with Crippen LogP contribution in [0.1, 0.15) is 32.0 Å². The highest BCUT2D eigenvalue weighted by atomic mass is 35.5. The number of fused-ring (bicyclic) bond motifs is 3. The Hall–Kier alpha value is -4.23. The molecule has 0 saturated carbocycles. The molecule has 0 fully saturated rings. The van der Waals surface area contributed by atoms with Gasteiger partial charge in [-0.25, -0.2) is 4.98 Å². The van der Waals surface area contributed by atoms with Crippen LogP contribution in [0.15, 0.2) is 73.1 Å². The topological polar surface area (TPSA) is 93.2 Å². The summed E-state index contributed by atoms with van der Waals surface area (Å²) in [5.41, 5.74) is 4.40. The predicted octanol–water partition coefficient (Wildman–Crippen LogP) is 5.21. The summed E-state index contributed by atoms with van der Waals surface area (Å²) in [6.07, 6.45) is 3.18. The van der Waals surface area contributed by atoms with Crippen LogP contribution in [-0.4, -0.2) is 28.8 Å². The normalized spacial score (nSPS) is 11.5. The third kappa shape index (κ3) is 3.97. The number of amides is 1. The van der Waals surface area contributed by atoms with Crippen LogP contribution in [-0.2, 0) is 6.54 Å². The summed E-state index contributed by atoms with van der Waals surface area (Å²) in [4.78, 5) is 34.7. The van der Waals surface area contributed by atoms with E-state index in [0.29, 0.717) is 51.1 Å². The fourth-order valence-corrected chi connectivity index (χ4v) is 4.18. The lowest BCUT2D eigenvalue weighted by molar-refractivity contribution is 0.101. The Labute approximate surface area is 200 Å². The molecular formula is C26H19ClN4O3. The Balaban J connectivity index is 1.52. The van der Waals surface area contributed by atoms with Crippen LogP contribution < -0.4 is 15.4 Å². The Morgan fingerprint density at radius 1 is 1.03 bits per heavy atom. The van der Waals surface area contributed by atoms with E-state index in [1.54, 1.807) is 55.9 Å². The van der Waals surface area contributed by atoms with Crippen molar-refractivity contribution in [1.82, 2.24) is 9.97 Å². The third-order valence-corrected chi connectivity index (χ3v) is 5.84. The van der Waals surface area contributed by atoms with Gasteiger partial charge in [-0.1, -0.05) is 41.9 Å². The number of ketones is 1. The van der Waals surface area contributed by atoms with E-state index in [4.69, 9.17) is 16.3 Å². The second-order valence-electron chi connectivity index (χ2n) is 7.67. The van der Waals surface area contributed by atoms with Crippen molar-refractivity contribution in [2.75, 3.05) is 17.7 Å². The monoisotopic (exact) mass is 470 g/mol. The first kappa shape index (κ1) is 21.6. The molecule has 0 aliphatic heterocycles. The van der Waals surface area contributed by atoms with Gasteiger partial charge in [0.05, 0.1) is 29.1 Å². The number of nitrogens with one attached hydrogen (secondary N) is 2. The number of ether oxygens (including phenoxy) is 1. The van der Waals surface area contributed by atoms with Gasteiger partial charge in [-0.15, -0.1) is 0 Å². The molecule has 2 aromatic heterocycles. The molecule has 1 aliphatic rings. The third-order valence-electron chi connectivity index (χ3n) is 5.54. The Bertz CT molecular complexity index is 1420. The number of benzene rings is 2. The molecule has 0 spiro atoms. The van der Waals surface area contributed by atoms with Crippen molar-refractivity contribution in [3.63, 3.8) is 0 Å². The molecule has 2 aromatic carbocycles. The number of carbonyl (C=O) groups is 2. The first-order chi connectivity index (χ1) is 16.5. The number of anilines is 2. The highest BCUT2D eigenvalue weighted by Gasteiger charge is 2.32. The van der Waals surface area contributed by atoms with Gasteiger partial charge >= 0.3 is 0 Å². The Kier molecular flexibility index (Phi) is 5.69. The molecule has 8 heteroatoms.